The highest BCUT2D eigenvalue weighted by Gasteiger charge is 2.33. The molecule has 26 heavy (non-hydrogen) atoms. The van der Waals surface area contributed by atoms with Crippen molar-refractivity contribution in [2.75, 3.05) is 26.3 Å². The first-order chi connectivity index (χ1) is 12.3. The van der Waals surface area contributed by atoms with Crippen LogP contribution < -0.4 is 5.32 Å². The Morgan fingerprint density at radius 2 is 1.69 bits per heavy atom. The number of hydrogen-bond acceptors (Lipinski definition) is 4. The van der Waals surface area contributed by atoms with E-state index in [1.54, 1.807) is 24.3 Å². The van der Waals surface area contributed by atoms with E-state index in [4.69, 9.17) is 9.47 Å². The summed E-state index contributed by atoms with van der Waals surface area (Å²) < 4.78 is 11.2. The summed E-state index contributed by atoms with van der Waals surface area (Å²) in [7, 11) is 0. The maximum absolute atomic E-state index is 12.8. The van der Waals surface area contributed by atoms with Gasteiger partial charge in [-0.25, -0.2) is 0 Å². The van der Waals surface area contributed by atoms with Crippen molar-refractivity contribution < 1.29 is 19.1 Å². The Hall–Kier alpha value is -1.92. The summed E-state index contributed by atoms with van der Waals surface area (Å²) in [4.78, 5) is 26.9. The molecular formula is C20H28N2O4. The predicted octanol–water partition coefficient (Wildman–Crippen LogP) is 2.44. The lowest BCUT2D eigenvalue weighted by Crippen LogP contribution is -2.43. The molecule has 0 aliphatic carbocycles. The second-order valence-corrected chi connectivity index (χ2v) is 8.04. The number of ether oxygens (including phenoxy) is 2. The van der Waals surface area contributed by atoms with Crippen LogP contribution in [0.1, 0.15) is 54.3 Å². The summed E-state index contributed by atoms with van der Waals surface area (Å²) in [5.74, 6) is 0.0904. The summed E-state index contributed by atoms with van der Waals surface area (Å²) in [6, 6.07) is 6.87. The fourth-order valence-corrected chi connectivity index (χ4v) is 3.42. The van der Waals surface area contributed by atoms with Crippen molar-refractivity contribution in [3.63, 3.8) is 0 Å². The van der Waals surface area contributed by atoms with Crippen molar-refractivity contribution in [1.29, 1.82) is 0 Å². The van der Waals surface area contributed by atoms with Gasteiger partial charge in [0.05, 0.1) is 13.2 Å². The molecule has 0 bridgehead atoms. The van der Waals surface area contributed by atoms with Crippen molar-refractivity contribution in [3.05, 3.63) is 35.4 Å². The van der Waals surface area contributed by atoms with E-state index in [1.165, 1.54) is 0 Å². The standard InChI is InChI=1S/C20H28N2O4/c1-20(2,3)21-17(23)14-6-8-15(9-7-14)18(24)22-10-4-5-16(13-22)19-25-11-12-26-19/h6-9,16,19H,4-5,10-13H2,1-3H3,(H,21,23). The number of nitrogens with one attached hydrogen (secondary N) is 1. The number of carbonyl (C=O) groups is 2. The third-order valence-corrected chi connectivity index (χ3v) is 4.66. The van der Waals surface area contributed by atoms with Crippen molar-refractivity contribution in [3.8, 4) is 0 Å². The van der Waals surface area contributed by atoms with Crippen LogP contribution >= 0.6 is 0 Å². The Labute approximate surface area is 154 Å². The Kier molecular flexibility index (Phi) is 5.63. The normalized spacial score (nSPS) is 21.7. The molecule has 2 amide bonds. The molecule has 6 heteroatoms. The van der Waals surface area contributed by atoms with E-state index in [0.29, 0.717) is 30.9 Å². The van der Waals surface area contributed by atoms with Gasteiger partial charge in [-0.3, -0.25) is 9.59 Å². The Morgan fingerprint density at radius 3 is 2.31 bits per heavy atom. The summed E-state index contributed by atoms with van der Waals surface area (Å²) in [6.45, 7) is 8.47. The molecule has 0 radical (unpaired) electrons. The Morgan fingerprint density at radius 1 is 1.08 bits per heavy atom. The van der Waals surface area contributed by atoms with E-state index in [1.807, 2.05) is 25.7 Å². The average Bonchev–Trinajstić information content (AvgIpc) is 3.14. The van der Waals surface area contributed by atoms with Gasteiger partial charge in [0.2, 0.25) is 0 Å². The van der Waals surface area contributed by atoms with E-state index in [9.17, 15) is 9.59 Å². The zero-order chi connectivity index (χ0) is 18.7. The van der Waals surface area contributed by atoms with E-state index >= 15 is 0 Å². The number of rotatable bonds is 3. The van der Waals surface area contributed by atoms with Crippen molar-refractivity contribution in [2.45, 2.75) is 45.4 Å². The maximum Gasteiger partial charge on any atom is 0.253 e. The SMILES string of the molecule is CC(C)(C)NC(=O)c1ccc(C(=O)N2CCCC(C3OCCO3)C2)cc1. The van der Waals surface area contributed by atoms with Crippen LogP contribution in [0.5, 0.6) is 0 Å². The highest BCUT2D eigenvalue weighted by molar-refractivity contribution is 5.98. The Balaban J connectivity index is 1.63. The van der Waals surface area contributed by atoms with Crippen LogP contribution in [0.25, 0.3) is 0 Å². The fraction of sp³-hybridized carbons (Fsp3) is 0.600. The minimum Gasteiger partial charge on any atom is -0.350 e. The smallest absolute Gasteiger partial charge is 0.253 e. The molecule has 1 atom stereocenters. The highest BCUT2D eigenvalue weighted by Crippen LogP contribution is 2.26. The minimum absolute atomic E-state index is 0.00419. The van der Waals surface area contributed by atoms with Gasteiger partial charge in [0.25, 0.3) is 11.8 Å². The van der Waals surface area contributed by atoms with Crippen molar-refractivity contribution in [1.82, 2.24) is 10.2 Å². The third-order valence-electron chi connectivity index (χ3n) is 4.66. The minimum atomic E-state index is -0.293. The largest absolute Gasteiger partial charge is 0.350 e. The predicted molar refractivity (Wildman–Crippen MR) is 98.0 cm³/mol. The van der Waals surface area contributed by atoms with Crippen LogP contribution in [-0.2, 0) is 9.47 Å². The molecule has 1 aromatic carbocycles. The number of likely N-dealkylation sites (tertiary alicyclic amines) is 1. The molecule has 2 heterocycles. The highest BCUT2D eigenvalue weighted by atomic mass is 16.7. The van der Waals surface area contributed by atoms with Crippen LogP contribution in [0.4, 0.5) is 0 Å². The number of carbonyl (C=O) groups excluding carboxylic acids is 2. The van der Waals surface area contributed by atoms with Crippen LogP contribution in [0.3, 0.4) is 0 Å². The molecule has 1 aromatic rings. The molecule has 2 fully saturated rings. The van der Waals surface area contributed by atoms with Gasteiger partial charge in [0.15, 0.2) is 6.29 Å². The van der Waals surface area contributed by atoms with Gasteiger partial charge in [-0.1, -0.05) is 0 Å². The summed E-state index contributed by atoms with van der Waals surface area (Å²) in [5.41, 5.74) is 0.866. The van der Waals surface area contributed by atoms with Crippen molar-refractivity contribution >= 4 is 11.8 Å². The zero-order valence-electron chi connectivity index (χ0n) is 15.8. The maximum atomic E-state index is 12.8. The molecular weight excluding hydrogens is 332 g/mol. The first-order valence-corrected chi connectivity index (χ1v) is 9.28. The van der Waals surface area contributed by atoms with E-state index < -0.39 is 0 Å². The van der Waals surface area contributed by atoms with Gasteiger partial charge < -0.3 is 19.7 Å². The molecule has 0 spiro atoms. The van der Waals surface area contributed by atoms with Crippen LogP contribution in [-0.4, -0.2) is 54.8 Å². The van der Waals surface area contributed by atoms with Crippen LogP contribution in [0, 0.1) is 5.92 Å². The third kappa shape index (κ3) is 4.62. The molecule has 1 N–H and O–H groups in total. The number of nitrogens with zero attached hydrogens (tertiary/aromatic N) is 1. The Bertz CT molecular complexity index is 645. The molecule has 142 valence electrons. The van der Waals surface area contributed by atoms with Gasteiger partial charge in [0.1, 0.15) is 0 Å². The summed E-state index contributed by atoms with van der Waals surface area (Å²) in [5, 5.41) is 2.92. The number of amides is 2. The molecule has 6 nitrogen and oxygen atoms in total. The first kappa shape index (κ1) is 18.9. The van der Waals surface area contributed by atoms with E-state index in [2.05, 4.69) is 5.32 Å². The number of piperidine rings is 1. The number of benzene rings is 1. The lowest BCUT2D eigenvalue weighted by Gasteiger charge is -2.34. The fourth-order valence-electron chi connectivity index (χ4n) is 3.42. The summed E-state index contributed by atoms with van der Waals surface area (Å²) >= 11 is 0. The van der Waals surface area contributed by atoms with Crippen molar-refractivity contribution in [2.24, 2.45) is 5.92 Å². The van der Waals surface area contributed by atoms with Gasteiger partial charge >= 0.3 is 0 Å². The monoisotopic (exact) mass is 360 g/mol. The second kappa shape index (κ2) is 7.76. The van der Waals surface area contributed by atoms with Crippen LogP contribution in [0.2, 0.25) is 0 Å². The molecule has 0 saturated carbocycles. The summed E-state index contributed by atoms with van der Waals surface area (Å²) in [6.07, 6.45) is 1.78. The number of hydrogen-bond donors (Lipinski definition) is 1. The quantitative estimate of drug-likeness (QED) is 0.899. The van der Waals surface area contributed by atoms with Gasteiger partial charge in [-0.05, 0) is 57.9 Å². The van der Waals surface area contributed by atoms with E-state index in [0.717, 1.165) is 19.4 Å². The topological polar surface area (TPSA) is 67.9 Å². The zero-order valence-corrected chi connectivity index (χ0v) is 15.8. The lowest BCUT2D eigenvalue weighted by molar-refractivity contribution is -0.0969. The molecule has 2 aliphatic rings. The second-order valence-electron chi connectivity index (χ2n) is 8.04. The lowest BCUT2D eigenvalue weighted by atomic mass is 9.96. The molecule has 2 saturated heterocycles. The van der Waals surface area contributed by atoms with Gasteiger partial charge in [-0.15, -0.1) is 0 Å². The van der Waals surface area contributed by atoms with Gasteiger partial charge in [-0.2, -0.15) is 0 Å². The van der Waals surface area contributed by atoms with E-state index in [-0.39, 0.29) is 29.6 Å². The van der Waals surface area contributed by atoms with Crippen LogP contribution in [0.15, 0.2) is 24.3 Å². The molecule has 1 unspecified atom stereocenters. The molecule has 3 rings (SSSR count). The van der Waals surface area contributed by atoms with Gasteiger partial charge in [0, 0.05) is 35.7 Å². The first-order valence-electron chi connectivity index (χ1n) is 9.28. The molecule has 0 aromatic heterocycles. The average molecular weight is 360 g/mol. The molecule has 2 aliphatic heterocycles.